The largest absolute Gasteiger partial charge is 0.490 e. The molecule has 7 heteroatoms. The summed E-state index contributed by atoms with van der Waals surface area (Å²) in [6.45, 7) is 7.04. The van der Waals surface area contributed by atoms with E-state index in [0.717, 1.165) is 22.6 Å². The minimum absolute atomic E-state index is 0.124. The van der Waals surface area contributed by atoms with E-state index < -0.39 is 17.8 Å². The van der Waals surface area contributed by atoms with Crippen LogP contribution in [0, 0.1) is 6.92 Å². The van der Waals surface area contributed by atoms with Gasteiger partial charge in [0, 0.05) is 0 Å². The number of imide groups is 2. The average molecular weight is 499 g/mol. The zero-order valence-corrected chi connectivity index (χ0v) is 21.2. The van der Waals surface area contributed by atoms with E-state index in [1.807, 2.05) is 19.1 Å². The summed E-state index contributed by atoms with van der Waals surface area (Å²) in [5, 5.41) is 2.23. The lowest BCUT2D eigenvalue weighted by molar-refractivity contribution is -0.122. The van der Waals surface area contributed by atoms with Crippen molar-refractivity contribution in [2.24, 2.45) is 0 Å². The number of benzene rings is 3. The fraction of sp³-hybridized carbons (Fsp3) is 0.233. The SMILES string of the molecule is CCC(C)c1ccc(OCCOc2ccc(C=C3C(=O)NC(=O)N(c4ccc(C)cc4)C3=O)cc2)cc1. The molecule has 0 bridgehead atoms. The van der Waals surface area contributed by atoms with Gasteiger partial charge in [-0.3, -0.25) is 14.9 Å². The van der Waals surface area contributed by atoms with Crippen molar-refractivity contribution >= 4 is 29.6 Å². The van der Waals surface area contributed by atoms with Crippen molar-refractivity contribution in [3.63, 3.8) is 0 Å². The maximum absolute atomic E-state index is 13.0. The second kappa shape index (κ2) is 11.6. The molecule has 0 saturated carbocycles. The highest BCUT2D eigenvalue weighted by molar-refractivity contribution is 6.39. The number of amides is 4. The Kier molecular flexibility index (Phi) is 8.03. The number of carbonyl (C=O) groups is 3. The number of urea groups is 1. The molecule has 3 aromatic carbocycles. The Labute approximate surface area is 216 Å². The molecule has 7 nitrogen and oxygen atoms in total. The molecule has 1 atom stereocenters. The summed E-state index contributed by atoms with van der Waals surface area (Å²) < 4.78 is 11.5. The smallest absolute Gasteiger partial charge is 0.335 e. The molecule has 1 heterocycles. The van der Waals surface area contributed by atoms with E-state index in [4.69, 9.17) is 9.47 Å². The van der Waals surface area contributed by atoms with E-state index in [-0.39, 0.29) is 5.57 Å². The molecule has 4 rings (SSSR count). The van der Waals surface area contributed by atoms with Gasteiger partial charge in [-0.15, -0.1) is 0 Å². The molecule has 1 N–H and O–H groups in total. The van der Waals surface area contributed by atoms with Crippen molar-refractivity contribution in [2.75, 3.05) is 18.1 Å². The number of ether oxygens (including phenoxy) is 2. The quantitative estimate of drug-likeness (QED) is 0.235. The minimum Gasteiger partial charge on any atom is -0.490 e. The second-order valence-corrected chi connectivity index (χ2v) is 8.94. The van der Waals surface area contributed by atoms with Gasteiger partial charge in [0.25, 0.3) is 11.8 Å². The third-order valence-corrected chi connectivity index (χ3v) is 6.27. The van der Waals surface area contributed by atoms with Gasteiger partial charge in [0.2, 0.25) is 0 Å². The van der Waals surface area contributed by atoms with Crippen LogP contribution in [0.4, 0.5) is 10.5 Å². The van der Waals surface area contributed by atoms with Crippen LogP contribution in [0.15, 0.2) is 78.4 Å². The maximum Gasteiger partial charge on any atom is 0.335 e. The molecule has 1 unspecified atom stereocenters. The predicted octanol–water partition coefficient (Wildman–Crippen LogP) is 5.63. The van der Waals surface area contributed by atoms with Gasteiger partial charge in [-0.1, -0.05) is 55.8 Å². The first-order valence-corrected chi connectivity index (χ1v) is 12.3. The first kappa shape index (κ1) is 25.7. The van der Waals surface area contributed by atoms with E-state index in [0.29, 0.717) is 36.1 Å². The van der Waals surface area contributed by atoms with Crippen molar-refractivity contribution in [3.8, 4) is 11.5 Å². The Morgan fingerprint density at radius 1 is 0.838 bits per heavy atom. The van der Waals surface area contributed by atoms with Crippen molar-refractivity contribution < 1.29 is 23.9 Å². The molecule has 0 radical (unpaired) electrons. The van der Waals surface area contributed by atoms with Gasteiger partial charge in [0.15, 0.2) is 0 Å². The summed E-state index contributed by atoms with van der Waals surface area (Å²) in [5.74, 6) is 0.552. The van der Waals surface area contributed by atoms with Crippen LogP contribution in [0.1, 0.15) is 42.9 Å². The summed E-state index contributed by atoms with van der Waals surface area (Å²) in [6.07, 6.45) is 2.56. The summed E-state index contributed by atoms with van der Waals surface area (Å²) in [5.41, 5.74) is 3.18. The monoisotopic (exact) mass is 498 g/mol. The van der Waals surface area contributed by atoms with E-state index in [1.54, 1.807) is 48.5 Å². The predicted molar refractivity (Wildman–Crippen MR) is 143 cm³/mol. The van der Waals surface area contributed by atoms with Crippen LogP contribution in [0.25, 0.3) is 6.08 Å². The van der Waals surface area contributed by atoms with Gasteiger partial charge < -0.3 is 9.47 Å². The fourth-order valence-electron chi connectivity index (χ4n) is 3.86. The van der Waals surface area contributed by atoms with Gasteiger partial charge in [0.05, 0.1) is 5.69 Å². The lowest BCUT2D eigenvalue weighted by Gasteiger charge is -2.26. The zero-order chi connectivity index (χ0) is 26.4. The van der Waals surface area contributed by atoms with Gasteiger partial charge in [-0.25, -0.2) is 9.69 Å². The topological polar surface area (TPSA) is 84.9 Å². The summed E-state index contributed by atoms with van der Waals surface area (Å²) in [4.78, 5) is 38.7. The molecule has 190 valence electrons. The summed E-state index contributed by atoms with van der Waals surface area (Å²) in [7, 11) is 0. The third kappa shape index (κ3) is 6.25. The zero-order valence-electron chi connectivity index (χ0n) is 21.2. The Hall–Kier alpha value is -4.39. The summed E-state index contributed by atoms with van der Waals surface area (Å²) in [6, 6.07) is 21.3. The van der Waals surface area contributed by atoms with Crippen LogP contribution in [-0.2, 0) is 9.59 Å². The van der Waals surface area contributed by atoms with Crippen molar-refractivity contribution in [1.82, 2.24) is 5.32 Å². The highest BCUT2D eigenvalue weighted by Crippen LogP contribution is 2.24. The molecule has 0 spiro atoms. The molecular formula is C30H30N2O5. The Bertz CT molecular complexity index is 1300. The van der Waals surface area contributed by atoms with E-state index >= 15 is 0 Å². The molecule has 37 heavy (non-hydrogen) atoms. The van der Waals surface area contributed by atoms with E-state index in [2.05, 4.69) is 31.3 Å². The average Bonchev–Trinajstić information content (AvgIpc) is 2.90. The molecular weight excluding hydrogens is 468 g/mol. The van der Waals surface area contributed by atoms with Crippen LogP contribution in [0.5, 0.6) is 11.5 Å². The Morgan fingerprint density at radius 3 is 1.97 bits per heavy atom. The molecule has 4 amide bonds. The van der Waals surface area contributed by atoms with E-state index in [1.165, 1.54) is 11.6 Å². The molecule has 0 aromatic heterocycles. The molecule has 1 aliphatic heterocycles. The van der Waals surface area contributed by atoms with Gasteiger partial charge in [-0.05, 0) is 72.9 Å². The number of carbonyl (C=O) groups excluding carboxylic acids is 3. The maximum atomic E-state index is 13.0. The molecule has 3 aromatic rings. The number of hydrogen-bond acceptors (Lipinski definition) is 5. The normalized spacial score (nSPS) is 15.5. The molecule has 1 aliphatic rings. The van der Waals surface area contributed by atoms with E-state index in [9.17, 15) is 14.4 Å². The fourth-order valence-corrected chi connectivity index (χ4v) is 3.86. The lowest BCUT2D eigenvalue weighted by Crippen LogP contribution is -2.54. The molecule has 1 saturated heterocycles. The van der Waals surface area contributed by atoms with Crippen LogP contribution < -0.4 is 19.7 Å². The number of barbiturate groups is 1. The number of nitrogens with one attached hydrogen (secondary N) is 1. The van der Waals surface area contributed by atoms with Crippen LogP contribution >= 0.6 is 0 Å². The van der Waals surface area contributed by atoms with Crippen LogP contribution in [0.2, 0.25) is 0 Å². The minimum atomic E-state index is -0.770. The first-order valence-electron chi connectivity index (χ1n) is 12.3. The van der Waals surface area contributed by atoms with Gasteiger partial charge in [0.1, 0.15) is 30.3 Å². The number of aryl methyl sites for hydroxylation is 1. The lowest BCUT2D eigenvalue weighted by atomic mass is 9.99. The Morgan fingerprint density at radius 2 is 1.41 bits per heavy atom. The number of hydrogen-bond donors (Lipinski definition) is 1. The first-order chi connectivity index (χ1) is 17.9. The summed E-state index contributed by atoms with van der Waals surface area (Å²) >= 11 is 0. The van der Waals surface area contributed by atoms with Crippen molar-refractivity contribution in [3.05, 3.63) is 95.1 Å². The third-order valence-electron chi connectivity index (χ3n) is 6.27. The molecule has 0 aliphatic carbocycles. The standard InChI is InChI=1S/C30H30N2O5/c1-4-21(3)23-9-15-26(16-10-23)37-18-17-36-25-13-7-22(8-14-25)19-27-28(33)31-30(35)32(29(27)34)24-11-5-20(2)6-12-24/h5-16,19,21H,4,17-18H2,1-3H3,(H,31,33,35). The number of anilines is 1. The van der Waals surface area contributed by atoms with Gasteiger partial charge in [-0.2, -0.15) is 0 Å². The highest BCUT2D eigenvalue weighted by atomic mass is 16.5. The number of nitrogens with zero attached hydrogens (tertiary/aromatic N) is 1. The van der Waals surface area contributed by atoms with Crippen LogP contribution in [0.3, 0.4) is 0 Å². The van der Waals surface area contributed by atoms with Crippen molar-refractivity contribution in [1.29, 1.82) is 0 Å². The molecule has 1 fully saturated rings. The second-order valence-electron chi connectivity index (χ2n) is 8.94. The van der Waals surface area contributed by atoms with Crippen LogP contribution in [-0.4, -0.2) is 31.1 Å². The Balaban J connectivity index is 1.34. The highest BCUT2D eigenvalue weighted by Gasteiger charge is 2.36. The number of rotatable bonds is 9. The van der Waals surface area contributed by atoms with Crippen molar-refractivity contribution in [2.45, 2.75) is 33.1 Å². The van der Waals surface area contributed by atoms with Gasteiger partial charge >= 0.3 is 6.03 Å².